The third kappa shape index (κ3) is 20.8. The maximum atomic E-state index is 9.35. The highest BCUT2D eigenvalue weighted by Crippen LogP contribution is 2.68. The molecule has 0 N–H and O–H groups in total. The van der Waals surface area contributed by atoms with Crippen LogP contribution in [0.15, 0.2) is 75.1 Å². The quantitative estimate of drug-likeness (QED) is 0.187. The van der Waals surface area contributed by atoms with E-state index >= 15 is 0 Å². The minimum absolute atomic E-state index is 0.177. The van der Waals surface area contributed by atoms with Crippen molar-refractivity contribution in [3.05, 3.63) is 97.4 Å². The first-order valence-corrected chi connectivity index (χ1v) is 41.7. The van der Waals surface area contributed by atoms with Crippen LogP contribution in [0.25, 0.3) is 0 Å². The first-order valence-electron chi connectivity index (χ1n) is 27.3. The summed E-state index contributed by atoms with van der Waals surface area (Å²) >= 11 is 29.1. The number of hydrogen-bond acceptors (Lipinski definition) is 24. The van der Waals surface area contributed by atoms with E-state index in [4.69, 9.17) is 18.9 Å². The van der Waals surface area contributed by atoms with Gasteiger partial charge in [0.2, 0.25) is 0 Å². The molecule has 7 rings (SSSR count). The third-order valence-corrected chi connectivity index (χ3v) is 35.0. The molecule has 8 nitrogen and oxygen atoms in total. The maximum absolute atomic E-state index is 9.35. The van der Waals surface area contributed by atoms with Crippen molar-refractivity contribution >= 4 is 188 Å². The molecule has 0 spiro atoms. The Morgan fingerprint density at radius 1 is 0.333 bits per heavy atom. The molecule has 5 aliphatic heterocycles. The van der Waals surface area contributed by atoms with E-state index in [1.54, 1.807) is 47.0 Å². The van der Waals surface area contributed by atoms with Gasteiger partial charge in [-0.3, -0.25) is 0 Å². The Morgan fingerprint density at radius 2 is 0.548 bits per heavy atom. The summed E-state index contributed by atoms with van der Waals surface area (Å²) in [5, 5.41) is 37.4. The van der Waals surface area contributed by atoms with Crippen LogP contribution in [0.4, 0.5) is 0 Å². The fraction of sp³-hybridized carbons (Fsp3) is 0.533. The Morgan fingerprint density at radius 3 is 0.750 bits per heavy atom. The summed E-state index contributed by atoms with van der Waals surface area (Å²) < 4.78 is 42.6. The standard InChI is InChI=1S/C60H72N4O4S16/c1-57(2,3)37-33-38(58(4,5)6)42-35-41(37)65-21-29-73-49-50(82-55(81-49)53-77-45(69-25-13-17-61)46(78-53)70-26-14-18-62)75-31-23-67-43-36-44(40(60(10,11)12)34-39(43)59(7,8)9)68-24-32-76-52-51(74-30-22-66-42)83-56(84-52)54-79-47(71-27-15-19-63)48(80-54)72-28-16-20-64/h33-36H,13-16,21-32H2,1-12H3. The maximum Gasteiger partial charge on any atom is 0.126 e. The van der Waals surface area contributed by atoms with E-state index < -0.39 is 0 Å². The normalized spacial score (nSPS) is 18.4. The van der Waals surface area contributed by atoms with Crippen molar-refractivity contribution in [2.45, 2.75) is 130 Å². The molecule has 5 aliphatic rings. The van der Waals surface area contributed by atoms with Crippen molar-refractivity contribution < 1.29 is 18.9 Å². The number of rotatable bonds is 12. The van der Waals surface area contributed by atoms with Crippen molar-refractivity contribution in [3.8, 4) is 47.3 Å². The van der Waals surface area contributed by atoms with Crippen LogP contribution in [0.2, 0.25) is 0 Å². The number of hydrogen-bond donors (Lipinski definition) is 0. The number of nitriles is 4. The number of fused-ring (bicyclic) bond motifs is 4. The van der Waals surface area contributed by atoms with E-state index in [-0.39, 0.29) is 21.7 Å². The molecular weight excluding hydrogens is 1350 g/mol. The molecule has 2 aromatic rings. The van der Waals surface area contributed by atoms with E-state index in [2.05, 4.69) is 132 Å². The molecule has 0 unspecified atom stereocenters. The average Bonchev–Trinajstić information content (AvgIpc) is 2.31. The molecule has 4 bridgehead atoms. The Labute approximate surface area is 569 Å². The van der Waals surface area contributed by atoms with Crippen LogP contribution in [0.1, 0.15) is 131 Å². The zero-order chi connectivity index (χ0) is 60.7. The second kappa shape index (κ2) is 33.8. The van der Waals surface area contributed by atoms with Gasteiger partial charge in [-0.15, -0.1) is 94.1 Å². The van der Waals surface area contributed by atoms with Crippen LogP contribution in [0, 0.1) is 45.3 Å². The molecule has 452 valence electrons. The van der Waals surface area contributed by atoms with Crippen LogP contribution in [0.5, 0.6) is 23.0 Å². The third-order valence-electron chi connectivity index (χ3n) is 12.0. The van der Waals surface area contributed by atoms with Gasteiger partial charge >= 0.3 is 0 Å². The molecule has 84 heavy (non-hydrogen) atoms. The molecule has 0 radical (unpaired) electrons. The Kier molecular flexibility index (Phi) is 28.6. The number of ether oxygens (including phenoxy) is 4. The van der Waals surface area contributed by atoms with Crippen LogP contribution in [0.3, 0.4) is 0 Å². The highest BCUT2D eigenvalue weighted by molar-refractivity contribution is 8.46. The van der Waals surface area contributed by atoms with Gasteiger partial charge in [-0.2, -0.15) is 21.0 Å². The van der Waals surface area contributed by atoms with Gasteiger partial charge in [0.05, 0.1) is 102 Å². The number of thioether (sulfide) groups is 16. The van der Waals surface area contributed by atoms with Gasteiger partial charge in [0, 0.05) is 106 Å². The monoisotopic (exact) mass is 1420 g/mol. The summed E-state index contributed by atoms with van der Waals surface area (Å²) in [6.07, 6.45) is 1.97. The van der Waals surface area contributed by atoms with Gasteiger partial charge in [-0.25, -0.2) is 0 Å². The summed E-state index contributed by atoms with van der Waals surface area (Å²) in [4.78, 5) is 0. The van der Waals surface area contributed by atoms with Crippen molar-refractivity contribution in [3.63, 3.8) is 0 Å². The second-order valence-electron chi connectivity index (χ2n) is 22.8. The molecule has 0 saturated heterocycles. The summed E-state index contributed by atoms with van der Waals surface area (Å²) in [7, 11) is 0. The summed E-state index contributed by atoms with van der Waals surface area (Å²) in [6, 6.07) is 18.2. The molecule has 24 heteroatoms. The van der Waals surface area contributed by atoms with E-state index in [0.29, 0.717) is 52.1 Å². The SMILES string of the molecule is CC(C)(C)c1cc(C(C)(C)C)c2cc1OCCSC1=C(SCCOc3cc(c(C(C)(C)C)cc3C(C)(C)C)OCCSC3=C(SCCO2)SC(=C2SC(SCCC#N)=C(SCCC#N)S2)S3)SC(=C2SC(SCCC#N)=C(SCCC#N)S2)S1. The van der Waals surface area contributed by atoms with Crippen molar-refractivity contribution in [2.75, 3.05) is 72.5 Å². The lowest BCUT2D eigenvalue weighted by Crippen LogP contribution is -2.20. The Balaban J connectivity index is 1.20. The predicted octanol–water partition coefficient (Wildman–Crippen LogP) is 22.3. The lowest BCUT2D eigenvalue weighted by molar-refractivity contribution is 0.313. The zero-order valence-electron chi connectivity index (χ0n) is 49.6. The number of nitrogens with zero attached hydrogens (tertiary/aromatic N) is 4. The lowest BCUT2D eigenvalue weighted by atomic mass is 9.79. The first kappa shape index (κ1) is 71.1. The predicted molar refractivity (Wildman–Crippen MR) is 393 cm³/mol. The highest BCUT2D eigenvalue weighted by atomic mass is 32.3. The molecule has 0 amide bonds. The smallest absolute Gasteiger partial charge is 0.126 e. The molecule has 2 aromatic carbocycles. The van der Waals surface area contributed by atoms with Gasteiger partial charge in [-0.1, -0.05) is 177 Å². The molecule has 0 aromatic heterocycles. The van der Waals surface area contributed by atoms with E-state index in [9.17, 15) is 21.0 Å². The average molecular weight is 1430 g/mol. The topological polar surface area (TPSA) is 132 Å². The van der Waals surface area contributed by atoms with Crippen LogP contribution >= 0.6 is 188 Å². The van der Waals surface area contributed by atoms with Gasteiger partial charge in [0.15, 0.2) is 0 Å². The molecular formula is C60H72N4O4S16. The fourth-order valence-corrected chi connectivity index (χ4v) is 31.2. The van der Waals surface area contributed by atoms with Crippen LogP contribution in [-0.2, 0) is 21.7 Å². The minimum atomic E-state index is -0.177. The van der Waals surface area contributed by atoms with Crippen molar-refractivity contribution in [2.24, 2.45) is 0 Å². The summed E-state index contributed by atoms with van der Waals surface area (Å²) in [6.45, 7) is 29.1. The Hall–Kier alpha value is -0.360. The fourth-order valence-electron chi connectivity index (χ4n) is 7.98. The molecule has 0 saturated carbocycles. The van der Waals surface area contributed by atoms with Gasteiger partial charge in [-0.05, 0) is 33.8 Å². The van der Waals surface area contributed by atoms with Crippen molar-refractivity contribution in [1.82, 2.24) is 0 Å². The van der Waals surface area contributed by atoms with Gasteiger partial charge in [0.25, 0.3) is 0 Å². The lowest BCUT2D eigenvalue weighted by Gasteiger charge is -2.29. The van der Waals surface area contributed by atoms with Gasteiger partial charge < -0.3 is 18.9 Å². The van der Waals surface area contributed by atoms with Crippen LogP contribution < -0.4 is 18.9 Å². The number of benzene rings is 2. The zero-order valence-corrected chi connectivity index (χ0v) is 62.6. The Bertz CT molecular complexity index is 2700. The largest absolute Gasteiger partial charge is 0.492 e. The second-order valence-corrected chi connectivity index (χ2v) is 42.9. The molecule has 5 heterocycles. The molecule has 0 aliphatic carbocycles. The van der Waals surface area contributed by atoms with E-state index in [1.165, 1.54) is 50.8 Å². The first-order chi connectivity index (χ1) is 40.0. The molecule has 0 atom stereocenters. The minimum Gasteiger partial charge on any atom is -0.492 e. The van der Waals surface area contributed by atoms with Gasteiger partial charge in [0.1, 0.15) is 23.0 Å². The highest BCUT2D eigenvalue weighted by Gasteiger charge is 2.35. The van der Waals surface area contributed by atoms with E-state index in [0.717, 1.165) is 91.3 Å². The summed E-state index contributed by atoms with van der Waals surface area (Å²) in [5.74, 6) is 9.41. The molecule has 0 fully saturated rings. The van der Waals surface area contributed by atoms with Crippen LogP contribution in [-0.4, -0.2) is 72.5 Å². The summed E-state index contributed by atoms with van der Waals surface area (Å²) in [5.41, 5.74) is 3.94. The van der Waals surface area contributed by atoms with E-state index in [1.807, 2.05) is 141 Å². The van der Waals surface area contributed by atoms with Crippen molar-refractivity contribution in [1.29, 1.82) is 21.0 Å².